The number of aromatic nitrogens is 1. The minimum absolute atomic E-state index is 0.0834. The Kier molecular flexibility index (Phi) is 2.81. The predicted octanol–water partition coefficient (Wildman–Crippen LogP) is 3.62. The summed E-state index contributed by atoms with van der Waals surface area (Å²) in [5, 5.41) is 19.9. The van der Waals surface area contributed by atoms with Gasteiger partial charge in [-0.25, -0.2) is 9.37 Å². The number of rotatable bonds is 1. The van der Waals surface area contributed by atoms with Crippen molar-refractivity contribution in [2.75, 3.05) is 0 Å². The average Bonchev–Trinajstić information content (AvgIpc) is 2.48. The molecule has 0 saturated carbocycles. The molecule has 1 N–H and O–H groups in total. The Morgan fingerprint density at radius 1 is 1.05 bits per heavy atom. The summed E-state index contributed by atoms with van der Waals surface area (Å²) < 4.78 is 13.4. The van der Waals surface area contributed by atoms with Crippen molar-refractivity contribution in [3.05, 3.63) is 60.0 Å². The molecule has 0 spiro atoms. The molecule has 0 aliphatic heterocycles. The van der Waals surface area contributed by atoms with Crippen LogP contribution in [0.1, 0.15) is 5.69 Å². The highest BCUT2D eigenvalue weighted by Gasteiger charge is 2.13. The van der Waals surface area contributed by atoms with E-state index in [1.807, 2.05) is 24.3 Å². The molecular formula is C16H9FN2O. The zero-order valence-electron chi connectivity index (χ0n) is 10.3. The van der Waals surface area contributed by atoms with Gasteiger partial charge in [0, 0.05) is 16.5 Å². The molecule has 3 nitrogen and oxygen atoms in total. The molecule has 1 aromatic heterocycles. The quantitative estimate of drug-likeness (QED) is 0.730. The predicted molar refractivity (Wildman–Crippen MR) is 73.5 cm³/mol. The van der Waals surface area contributed by atoms with Gasteiger partial charge in [0.15, 0.2) is 0 Å². The Bertz CT molecular complexity index is 853. The van der Waals surface area contributed by atoms with Crippen LogP contribution in [0.15, 0.2) is 48.5 Å². The van der Waals surface area contributed by atoms with E-state index in [-0.39, 0.29) is 17.0 Å². The third-order valence-electron chi connectivity index (χ3n) is 3.08. The molecule has 0 saturated heterocycles. The van der Waals surface area contributed by atoms with Crippen molar-refractivity contribution in [3.63, 3.8) is 0 Å². The van der Waals surface area contributed by atoms with E-state index in [4.69, 9.17) is 0 Å². The summed E-state index contributed by atoms with van der Waals surface area (Å²) in [6, 6.07) is 14.7. The molecule has 0 atom stereocenters. The lowest BCUT2D eigenvalue weighted by atomic mass is 10.0. The minimum Gasteiger partial charge on any atom is -0.507 e. The molecule has 0 aliphatic carbocycles. The van der Waals surface area contributed by atoms with Crippen LogP contribution in [0.25, 0.3) is 22.0 Å². The van der Waals surface area contributed by atoms with Crippen LogP contribution >= 0.6 is 0 Å². The molecule has 3 rings (SSSR count). The van der Waals surface area contributed by atoms with Crippen molar-refractivity contribution in [3.8, 4) is 22.9 Å². The molecule has 2 aromatic carbocycles. The third-order valence-corrected chi connectivity index (χ3v) is 3.08. The molecule has 0 radical (unpaired) electrons. The largest absolute Gasteiger partial charge is 0.507 e. The first-order valence-electron chi connectivity index (χ1n) is 5.98. The summed E-state index contributed by atoms with van der Waals surface area (Å²) in [5.74, 6) is -0.560. The zero-order chi connectivity index (χ0) is 14.1. The number of nitriles is 1. The van der Waals surface area contributed by atoms with Crippen molar-refractivity contribution < 1.29 is 9.50 Å². The maximum atomic E-state index is 13.4. The summed E-state index contributed by atoms with van der Waals surface area (Å²) in [4.78, 5) is 4.25. The lowest BCUT2D eigenvalue weighted by molar-refractivity contribution is 0.475. The Morgan fingerprint density at radius 3 is 2.65 bits per heavy atom. The Balaban J connectivity index is 2.35. The van der Waals surface area contributed by atoms with Crippen LogP contribution in [0.4, 0.5) is 4.39 Å². The molecule has 0 unspecified atom stereocenters. The highest BCUT2D eigenvalue weighted by Crippen LogP contribution is 2.33. The second-order valence-corrected chi connectivity index (χ2v) is 4.35. The minimum atomic E-state index is -0.477. The van der Waals surface area contributed by atoms with Gasteiger partial charge in [-0.15, -0.1) is 0 Å². The topological polar surface area (TPSA) is 56.9 Å². The van der Waals surface area contributed by atoms with E-state index in [0.29, 0.717) is 11.1 Å². The third kappa shape index (κ3) is 1.95. The van der Waals surface area contributed by atoms with Gasteiger partial charge >= 0.3 is 0 Å². The van der Waals surface area contributed by atoms with Gasteiger partial charge in [-0.1, -0.05) is 18.2 Å². The second-order valence-electron chi connectivity index (χ2n) is 4.35. The maximum Gasteiger partial charge on any atom is 0.149 e. The number of halogens is 1. The first-order valence-corrected chi connectivity index (χ1v) is 5.98. The molecule has 3 aromatic rings. The average molecular weight is 264 g/mol. The van der Waals surface area contributed by atoms with E-state index in [1.165, 1.54) is 18.2 Å². The number of hydrogen-bond donors (Lipinski definition) is 1. The number of benzene rings is 2. The Hall–Kier alpha value is -2.93. The zero-order valence-corrected chi connectivity index (χ0v) is 10.3. The van der Waals surface area contributed by atoms with E-state index in [9.17, 15) is 14.8 Å². The van der Waals surface area contributed by atoms with Gasteiger partial charge in [0.2, 0.25) is 0 Å². The van der Waals surface area contributed by atoms with E-state index in [2.05, 4.69) is 4.98 Å². The standard InChI is InChI=1S/C16H9FN2O/c17-11-5-6-16(20)13(8-11)12-7-10-3-1-2-4-14(10)19-15(12)9-18/h1-8,20H. The highest BCUT2D eigenvalue weighted by molar-refractivity contribution is 5.87. The van der Waals surface area contributed by atoms with Crippen molar-refractivity contribution >= 4 is 10.9 Å². The molecule has 0 fully saturated rings. The number of phenols is 1. The Morgan fingerprint density at radius 2 is 1.85 bits per heavy atom. The summed E-state index contributed by atoms with van der Waals surface area (Å²) in [5.41, 5.74) is 1.52. The van der Waals surface area contributed by atoms with Gasteiger partial charge < -0.3 is 5.11 Å². The van der Waals surface area contributed by atoms with E-state index >= 15 is 0 Å². The van der Waals surface area contributed by atoms with Gasteiger partial charge in [-0.3, -0.25) is 0 Å². The molecule has 0 amide bonds. The van der Waals surface area contributed by atoms with Crippen LogP contribution in [-0.4, -0.2) is 10.1 Å². The number of para-hydroxylation sites is 1. The molecule has 4 heteroatoms. The lowest BCUT2D eigenvalue weighted by Gasteiger charge is -2.08. The fourth-order valence-electron chi connectivity index (χ4n) is 2.13. The molecule has 96 valence electrons. The number of hydrogen-bond acceptors (Lipinski definition) is 3. The molecule has 20 heavy (non-hydrogen) atoms. The fourth-order valence-corrected chi connectivity index (χ4v) is 2.13. The maximum absolute atomic E-state index is 13.4. The first kappa shape index (κ1) is 12.1. The van der Waals surface area contributed by atoms with Crippen LogP contribution in [0.3, 0.4) is 0 Å². The van der Waals surface area contributed by atoms with Gasteiger partial charge in [-0.05, 0) is 30.3 Å². The SMILES string of the molecule is N#Cc1nc2ccccc2cc1-c1cc(F)ccc1O. The summed E-state index contributed by atoms with van der Waals surface area (Å²) in [7, 11) is 0. The van der Waals surface area contributed by atoms with Crippen molar-refractivity contribution in [1.82, 2.24) is 4.98 Å². The van der Waals surface area contributed by atoms with Gasteiger partial charge in [-0.2, -0.15) is 5.26 Å². The summed E-state index contributed by atoms with van der Waals surface area (Å²) in [6.07, 6.45) is 0. The van der Waals surface area contributed by atoms with Gasteiger partial charge in [0.1, 0.15) is 23.3 Å². The molecular weight excluding hydrogens is 255 g/mol. The number of pyridine rings is 1. The van der Waals surface area contributed by atoms with Gasteiger partial charge in [0.05, 0.1) is 5.52 Å². The fraction of sp³-hybridized carbons (Fsp3) is 0. The van der Waals surface area contributed by atoms with Gasteiger partial charge in [0.25, 0.3) is 0 Å². The molecule has 0 bridgehead atoms. The smallest absolute Gasteiger partial charge is 0.149 e. The number of phenolic OH excluding ortho intramolecular Hbond substituents is 1. The van der Waals surface area contributed by atoms with E-state index in [0.717, 1.165) is 5.39 Å². The summed E-state index contributed by atoms with van der Waals surface area (Å²) in [6.45, 7) is 0. The first-order chi connectivity index (χ1) is 9.69. The highest BCUT2D eigenvalue weighted by atomic mass is 19.1. The Labute approximate surface area is 114 Å². The van der Waals surface area contributed by atoms with Crippen LogP contribution in [0, 0.1) is 17.1 Å². The van der Waals surface area contributed by atoms with Crippen molar-refractivity contribution in [2.45, 2.75) is 0 Å². The number of nitrogens with zero attached hydrogens (tertiary/aromatic N) is 2. The monoisotopic (exact) mass is 264 g/mol. The van der Waals surface area contributed by atoms with E-state index in [1.54, 1.807) is 12.1 Å². The van der Waals surface area contributed by atoms with Crippen LogP contribution in [-0.2, 0) is 0 Å². The van der Waals surface area contributed by atoms with Crippen molar-refractivity contribution in [2.24, 2.45) is 0 Å². The number of aromatic hydroxyl groups is 1. The molecule has 1 heterocycles. The van der Waals surface area contributed by atoms with Crippen LogP contribution in [0.2, 0.25) is 0 Å². The normalized spacial score (nSPS) is 10.4. The van der Waals surface area contributed by atoms with E-state index < -0.39 is 5.82 Å². The van der Waals surface area contributed by atoms with Crippen LogP contribution < -0.4 is 0 Å². The lowest BCUT2D eigenvalue weighted by Crippen LogP contribution is -1.92. The number of fused-ring (bicyclic) bond motifs is 1. The molecule has 0 aliphatic rings. The van der Waals surface area contributed by atoms with Crippen LogP contribution in [0.5, 0.6) is 5.75 Å². The van der Waals surface area contributed by atoms with Crippen molar-refractivity contribution in [1.29, 1.82) is 5.26 Å². The second kappa shape index (κ2) is 4.63. The summed E-state index contributed by atoms with van der Waals surface area (Å²) >= 11 is 0.